The lowest BCUT2D eigenvalue weighted by Gasteiger charge is -2.20. The molecule has 0 saturated heterocycles. The van der Waals surface area contributed by atoms with Crippen LogP contribution >= 0.6 is 0 Å². The second-order valence-electron chi connectivity index (χ2n) is 5.67. The molecule has 0 aliphatic heterocycles. The van der Waals surface area contributed by atoms with Crippen LogP contribution in [0.4, 0.5) is 0 Å². The van der Waals surface area contributed by atoms with E-state index in [1.807, 2.05) is 20.8 Å². The first-order valence-corrected chi connectivity index (χ1v) is 6.45. The summed E-state index contributed by atoms with van der Waals surface area (Å²) in [6, 6.07) is 2.81. The summed E-state index contributed by atoms with van der Waals surface area (Å²) in [4.78, 5) is 11.6. The maximum absolute atomic E-state index is 11.6. The van der Waals surface area contributed by atoms with Crippen LogP contribution in [0.2, 0.25) is 0 Å². The van der Waals surface area contributed by atoms with Crippen LogP contribution in [0.5, 0.6) is 17.2 Å². The molecule has 0 atom stereocenters. The van der Waals surface area contributed by atoms with Gasteiger partial charge in [-0.15, -0.1) is 0 Å². The van der Waals surface area contributed by atoms with E-state index in [1.165, 1.54) is 12.1 Å². The van der Waals surface area contributed by atoms with Crippen molar-refractivity contribution in [3.05, 3.63) is 17.7 Å². The topological polar surface area (TPSA) is 102 Å². The van der Waals surface area contributed by atoms with Gasteiger partial charge in [-0.2, -0.15) is 0 Å². The molecule has 0 aliphatic carbocycles. The van der Waals surface area contributed by atoms with E-state index >= 15 is 0 Å². The fourth-order valence-corrected chi connectivity index (χ4v) is 1.66. The summed E-state index contributed by atoms with van der Waals surface area (Å²) in [7, 11) is 0. The molecule has 1 aromatic carbocycles. The number of hydrogen-bond acceptors (Lipinski definition) is 5. The molecule has 1 amide bonds. The Morgan fingerprint density at radius 2 is 1.80 bits per heavy atom. The highest BCUT2D eigenvalue weighted by Crippen LogP contribution is 2.36. The molecule has 0 saturated carbocycles. The van der Waals surface area contributed by atoms with Crippen LogP contribution in [0.3, 0.4) is 0 Å². The SMILES string of the molecule is CC(C)(C)NC(=O)CCNCc1ccc(O)c(O)c1O. The minimum atomic E-state index is -0.533. The van der Waals surface area contributed by atoms with E-state index in [1.54, 1.807) is 0 Å². The number of hydrogen-bond donors (Lipinski definition) is 5. The number of amides is 1. The van der Waals surface area contributed by atoms with Crippen LogP contribution in [-0.4, -0.2) is 33.3 Å². The normalized spacial score (nSPS) is 11.3. The smallest absolute Gasteiger partial charge is 0.221 e. The fourth-order valence-electron chi connectivity index (χ4n) is 1.66. The van der Waals surface area contributed by atoms with Gasteiger partial charge in [-0.25, -0.2) is 0 Å². The third-order valence-corrected chi connectivity index (χ3v) is 2.57. The number of nitrogens with one attached hydrogen (secondary N) is 2. The molecule has 0 aromatic heterocycles. The lowest BCUT2D eigenvalue weighted by Crippen LogP contribution is -2.41. The van der Waals surface area contributed by atoms with Crippen LogP contribution < -0.4 is 10.6 Å². The van der Waals surface area contributed by atoms with Crippen molar-refractivity contribution in [1.82, 2.24) is 10.6 Å². The number of carbonyl (C=O) groups excluding carboxylic acids is 1. The van der Waals surface area contributed by atoms with E-state index in [-0.39, 0.29) is 22.9 Å². The number of rotatable bonds is 5. The van der Waals surface area contributed by atoms with E-state index in [0.717, 1.165) is 0 Å². The van der Waals surface area contributed by atoms with E-state index < -0.39 is 5.75 Å². The van der Waals surface area contributed by atoms with Gasteiger partial charge in [0.2, 0.25) is 11.7 Å². The molecular formula is C14H22N2O4. The zero-order valence-electron chi connectivity index (χ0n) is 12.0. The maximum Gasteiger partial charge on any atom is 0.221 e. The molecule has 1 rings (SSSR count). The van der Waals surface area contributed by atoms with Crippen molar-refractivity contribution < 1.29 is 20.1 Å². The van der Waals surface area contributed by atoms with Crippen molar-refractivity contribution in [3.63, 3.8) is 0 Å². The molecule has 112 valence electrons. The second kappa shape index (κ2) is 6.47. The Balaban J connectivity index is 2.39. The molecule has 0 heterocycles. The zero-order valence-corrected chi connectivity index (χ0v) is 12.0. The van der Waals surface area contributed by atoms with Crippen LogP contribution in [0, 0.1) is 0 Å². The monoisotopic (exact) mass is 282 g/mol. The predicted molar refractivity (Wildman–Crippen MR) is 75.7 cm³/mol. The summed E-state index contributed by atoms with van der Waals surface area (Å²) < 4.78 is 0. The lowest BCUT2D eigenvalue weighted by molar-refractivity contribution is -0.122. The highest BCUT2D eigenvalue weighted by molar-refractivity contribution is 5.76. The van der Waals surface area contributed by atoms with Crippen molar-refractivity contribution in [1.29, 1.82) is 0 Å². The Morgan fingerprint density at radius 3 is 2.40 bits per heavy atom. The van der Waals surface area contributed by atoms with Gasteiger partial charge in [0.25, 0.3) is 0 Å². The standard InChI is InChI=1S/C14H22N2O4/c1-14(2,3)16-11(18)6-7-15-8-9-4-5-10(17)13(20)12(9)19/h4-5,15,17,19-20H,6-8H2,1-3H3,(H,16,18). The molecule has 6 heteroatoms. The van der Waals surface area contributed by atoms with Crippen molar-refractivity contribution in [3.8, 4) is 17.2 Å². The molecule has 0 spiro atoms. The average Bonchev–Trinajstić information content (AvgIpc) is 2.32. The zero-order chi connectivity index (χ0) is 15.3. The number of phenolic OH excluding ortho intramolecular Hbond substituents is 3. The van der Waals surface area contributed by atoms with Gasteiger partial charge in [-0.1, -0.05) is 6.07 Å². The minimum Gasteiger partial charge on any atom is -0.504 e. The molecule has 5 N–H and O–H groups in total. The van der Waals surface area contributed by atoms with Gasteiger partial charge in [-0.05, 0) is 26.8 Å². The number of phenols is 3. The summed E-state index contributed by atoms with van der Waals surface area (Å²) in [6.07, 6.45) is 0.322. The van der Waals surface area contributed by atoms with Crippen molar-refractivity contribution >= 4 is 5.91 Å². The van der Waals surface area contributed by atoms with Crippen LogP contribution in [0.15, 0.2) is 12.1 Å². The molecule has 20 heavy (non-hydrogen) atoms. The van der Waals surface area contributed by atoms with E-state index in [0.29, 0.717) is 25.1 Å². The van der Waals surface area contributed by atoms with Gasteiger partial charge in [0.1, 0.15) is 0 Å². The van der Waals surface area contributed by atoms with E-state index in [9.17, 15) is 20.1 Å². The fraction of sp³-hybridized carbons (Fsp3) is 0.500. The first-order chi connectivity index (χ1) is 9.20. The van der Waals surface area contributed by atoms with Gasteiger partial charge in [0.05, 0.1) is 0 Å². The predicted octanol–water partition coefficient (Wildman–Crippen LogP) is 1.20. The molecule has 0 bridgehead atoms. The summed E-state index contributed by atoms with van der Waals surface area (Å²) in [5.74, 6) is -1.30. The largest absolute Gasteiger partial charge is 0.504 e. The van der Waals surface area contributed by atoms with Crippen molar-refractivity contribution in [2.24, 2.45) is 0 Å². The van der Waals surface area contributed by atoms with Crippen LogP contribution in [0.25, 0.3) is 0 Å². The Labute approximate surface area is 118 Å². The second-order valence-corrected chi connectivity index (χ2v) is 5.67. The Morgan fingerprint density at radius 1 is 1.15 bits per heavy atom. The van der Waals surface area contributed by atoms with Crippen LogP contribution in [-0.2, 0) is 11.3 Å². The quantitative estimate of drug-likeness (QED) is 0.412. The van der Waals surface area contributed by atoms with Crippen LogP contribution in [0.1, 0.15) is 32.8 Å². The highest BCUT2D eigenvalue weighted by Gasteiger charge is 2.13. The van der Waals surface area contributed by atoms with E-state index in [4.69, 9.17) is 0 Å². The Hall–Kier alpha value is -1.95. The molecule has 6 nitrogen and oxygen atoms in total. The Bertz CT molecular complexity index is 481. The first-order valence-electron chi connectivity index (χ1n) is 6.45. The van der Waals surface area contributed by atoms with Gasteiger partial charge < -0.3 is 26.0 Å². The third-order valence-electron chi connectivity index (χ3n) is 2.57. The molecule has 1 aromatic rings. The highest BCUT2D eigenvalue weighted by atomic mass is 16.3. The van der Waals surface area contributed by atoms with Gasteiger partial charge in [0, 0.05) is 30.6 Å². The molecule has 0 aliphatic rings. The van der Waals surface area contributed by atoms with Crippen molar-refractivity contribution in [2.45, 2.75) is 39.3 Å². The molecule has 0 unspecified atom stereocenters. The maximum atomic E-state index is 11.6. The average molecular weight is 282 g/mol. The van der Waals surface area contributed by atoms with Gasteiger partial charge >= 0.3 is 0 Å². The third kappa shape index (κ3) is 4.97. The minimum absolute atomic E-state index is 0.0530. The van der Waals surface area contributed by atoms with Gasteiger partial charge in [-0.3, -0.25) is 4.79 Å². The first kappa shape index (κ1) is 16.1. The summed E-state index contributed by atoms with van der Waals surface area (Å²) >= 11 is 0. The lowest BCUT2D eigenvalue weighted by atomic mass is 10.1. The number of aromatic hydroxyl groups is 3. The van der Waals surface area contributed by atoms with E-state index in [2.05, 4.69) is 10.6 Å². The van der Waals surface area contributed by atoms with Crippen molar-refractivity contribution in [2.75, 3.05) is 6.54 Å². The van der Waals surface area contributed by atoms with Gasteiger partial charge in [0.15, 0.2) is 11.5 Å². The number of carbonyl (C=O) groups is 1. The molecule has 0 fully saturated rings. The summed E-state index contributed by atoms with van der Waals surface area (Å²) in [5, 5.41) is 34.0. The Kier molecular flexibility index (Phi) is 5.21. The molecular weight excluding hydrogens is 260 g/mol. The summed E-state index contributed by atoms with van der Waals surface area (Å²) in [6.45, 7) is 6.48. The summed E-state index contributed by atoms with van der Waals surface area (Å²) in [5.41, 5.74) is 0.203. The molecule has 0 radical (unpaired) electrons. The number of benzene rings is 1.